The summed E-state index contributed by atoms with van der Waals surface area (Å²) in [5, 5.41) is 15.1. The molecular formula is C46H51N5O7S. The molecule has 4 fully saturated rings. The summed E-state index contributed by atoms with van der Waals surface area (Å²) in [7, 11) is -4.51. The maximum Gasteiger partial charge on any atom is 0.293 e. The molecule has 5 aliphatic rings. The van der Waals surface area contributed by atoms with Gasteiger partial charge in [0.05, 0.1) is 15.4 Å². The van der Waals surface area contributed by atoms with E-state index in [0.717, 1.165) is 75.1 Å². The van der Waals surface area contributed by atoms with E-state index in [1.165, 1.54) is 48.9 Å². The van der Waals surface area contributed by atoms with Crippen LogP contribution < -0.4 is 19.7 Å². The molecule has 308 valence electrons. The molecule has 2 aliphatic heterocycles. The number of nitrogens with zero attached hydrogens (tertiary/aromatic N) is 3. The van der Waals surface area contributed by atoms with Gasteiger partial charge in [-0.05, 0) is 115 Å². The third-order valence-corrected chi connectivity index (χ3v) is 14.6. The van der Waals surface area contributed by atoms with Crippen LogP contribution in [0.3, 0.4) is 0 Å². The zero-order valence-corrected chi connectivity index (χ0v) is 33.9. The number of sulfonamides is 1. The zero-order valence-electron chi connectivity index (χ0n) is 33.1. The molecule has 2 N–H and O–H groups in total. The average molecular weight is 818 g/mol. The SMILES string of the molecule is O=C(NS(=O)(=O)c1ccc(NCC2CCOCC2)c([N+](=O)[O-])c1)c1ccc(N2CCN(Cc3ccccc3C3=C[C@@H]4C[C@H]3C3CCCC34)CC2)cc1Oc1ccccc1. The Morgan fingerprint density at radius 3 is 2.44 bits per heavy atom. The van der Waals surface area contributed by atoms with Crippen molar-refractivity contribution in [2.75, 3.05) is 56.2 Å². The first-order valence-corrected chi connectivity index (χ1v) is 22.5. The van der Waals surface area contributed by atoms with Gasteiger partial charge < -0.3 is 19.7 Å². The summed E-state index contributed by atoms with van der Waals surface area (Å²) in [5.74, 6) is 3.30. The van der Waals surface area contributed by atoms with Crippen LogP contribution in [0, 0.1) is 39.7 Å². The largest absolute Gasteiger partial charge is 0.456 e. The number of ether oxygens (including phenoxy) is 2. The first-order chi connectivity index (χ1) is 28.7. The summed E-state index contributed by atoms with van der Waals surface area (Å²) in [4.78, 5) is 29.6. The number of carbonyl (C=O) groups excluding carboxylic acids is 1. The minimum Gasteiger partial charge on any atom is -0.456 e. The Morgan fingerprint density at radius 2 is 1.64 bits per heavy atom. The van der Waals surface area contributed by atoms with Crippen molar-refractivity contribution in [3.63, 3.8) is 0 Å². The first-order valence-electron chi connectivity index (χ1n) is 21.0. The van der Waals surface area contributed by atoms with Crippen molar-refractivity contribution in [2.45, 2.75) is 50.0 Å². The van der Waals surface area contributed by atoms with E-state index in [1.54, 1.807) is 29.8 Å². The molecule has 1 amide bonds. The number of anilines is 2. The smallest absolute Gasteiger partial charge is 0.293 e. The lowest BCUT2D eigenvalue weighted by atomic mass is 9.78. The van der Waals surface area contributed by atoms with Crippen molar-refractivity contribution in [1.29, 1.82) is 0 Å². The summed E-state index contributed by atoms with van der Waals surface area (Å²) in [5.41, 5.74) is 5.09. The molecule has 0 radical (unpaired) electrons. The molecule has 2 saturated carbocycles. The van der Waals surface area contributed by atoms with E-state index in [2.05, 4.69) is 50.2 Å². The van der Waals surface area contributed by atoms with Crippen LogP contribution >= 0.6 is 0 Å². The lowest BCUT2D eigenvalue weighted by molar-refractivity contribution is -0.384. The second kappa shape index (κ2) is 16.8. The molecule has 2 bridgehead atoms. The van der Waals surface area contributed by atoms with E-state index < -0.39 is 31.4 Å². The Bertz CT molecular complexity index is 2340. The third kappa shape index (κ3) is 8.33. The maximum atomic E-state index is 13.8. The summed E-state index contributed by atoms with van der Waals surface area (Å²) >= 11 is 0. The van der Waals surface area contributed by atoms with Crippen LogP contribution in [0.15, 0.2) is 102 Å². The van der Waals surface area contributed by atoms with E-state index in [4.69, 9.17) is 9.47 Å². The highest BCUT2D eigenvalue weighted by molar-refractivity contribution is 7.90. The van der Waals surface area contributed by atoms with Gasteiger partial charge in [0.1, 0.15) is 17.2 Å². The molecule has 3 aliphatic carbocycles. The Hall–Kier alpha value is -5.24. The van der Waals surface area contributed by atoms with Gasteiger partial charge in [0.15, 0.2) is 0 Å². The number of nitro groups is 1. The van der Waals surface area contributed by atoms with Crippen molar-refractivity contribution in [3.8, 4) is 11.5 Å². The molecule has 13 heteroatoms. The van der Waals surface area contributed by atoms with Crippen molar-refractivity contribution in [2.24, 2.45) is 29.6 Å². The highest BCUT2D eigenvalue weighted by Crippen LogP contribution is 2.60. The van der Waals surface area contributed by atoms with Gasteiger partial charge >= 0.3 is 0 Å². The lowest BCUT2D eigenvalue weighted by Gasteiger charge is -2.37. The van der Waals surface area contributed by atoms with Crippen molar-refractivity contribution < 1.29 is 27.6 Å². The molecule has 0 spiro atoms. The van der Waals surface area contributed by atoms with Gasteiger partial charge in [0.2, 0.25) is 0 Å². The number of nitrogens with one attached hydrogen (secondary N) is 2. The quantitative estimate of drug-likeness (QED) is 0.100. The number of piperazine rings is 1. The Morgan fingerprint density at radius 1 is 0.881 bits per heavy atom. The Labute approximate surface area is 345 Å². The standard InChI is InChI=1S/C46H51N5O7S/c52-46(48-59(55,56)36-14-16-43(44(28-36)51(53)54)47-29-31-17-23-57-24-18-31)40-15-13-34(27-45(40)58-35-8-2-1-3-9-35)50-21-19-49(20-22-50)30-32-7-4-5-10-37(32)41-25-33-26-42(41)39-12-6-11-38(33)39/h1-5,7-10,13-16,25,27-28,31,33,38-39,42,47H,6,11-12,17-24,26,29-30H2,(H,48,52)/t33-,38?,39?,42+/m1/s1. The molecular weight excluding hydrogens is 767 g/mol. The van der Waals surface area contributed by atoms with Crippen LogP contribution in [-0.4, -0.2) is 70.1 Å². The number of fused-ring (bicyclic) bond motifs is 5. The fourth-order valence-electron chi connectivity index (χ4n) is 10.2. The third-order valence-electron chi connectivity index (χ3n) is 13.3. The van der Waals surface area contributed by atoms with Crippen LogP contribution in [0.25, 0.3) is 5.57 Å². The molecule has 12 nitrogen and oxygen atoms in total. The zero-order chi connectivity index (χ0) is 40.5. The summed E-state index contributed by atoms with van der Waals surface area (Å²) in [6.07, 6.45) is 9.78. The summed E-state index contributed by atoms with van der Waals surface area (Å²) in [6.45, 7) is 5.91. The predicted molar refractivity (Wildman–Crippen MR) is 227 cm³/mol. The fourth-order valence-corrected chi connectivity index (χ4v) is 11.2. The number of allylic oxidation sites excluding steroid dienone is 2. The molecule has 2 saturated heterocycles. The molecule has 4 aromatic carbocycles. The number of carbonyl (C=O) groups is 1. The Balaban J connectivity index is 0.887. The van der Waals surface area contributed by atoms with Gasteiger partial charge in [0.25, 0.3) is 21.6 Å². The number of benzene rings is 4. The number of hydrogen-bond donors (Lipinski definition) is 2. The summed E-state index contributed by atoms with van der Waals surface area (Å²) < 4.78 is 40.9. The fraction of sp³-hybridized carbons (Fsp3) is 0.413. The number of hydrogen-bond acceptors (Lipinski definition) is 10. The molecule has 59 heavy (non-hydrogen) atoms. The number of para-hydroxylation sites is 1. The van der Waals surface area contributed by atoms with E-state index in [9.17, 15) is 23.3 Å². The normalized spacial score (nSPS) is 23.1. The van der Waals surface area contributed by atoms with Gasteiger partial charge in [-0.1, -0.05) is 55.0 Å². The van der Waals surface area contributed by atoms with Gasteiger partial charge in [-0.3, -0.25) is 19.8 Å². The highest BCUT2D eigenvalue weighted by atomic mass is 32.2. The number of rotatable bonds is 13. The highest BCUT2D eigenvalue weighted by Gasteiger charge is 2.50. The van der Waals surface area contributed by atoms with Gasteiger partial charge in [-0.2, -0.15) is 0 Å². The minimum absolute atomic E-state index is 0.0134. The molecule has 2 heterocycles. The number of amides is 1. The maximum absolute atomic E-state index is 13.8. The van der Waals surface area contributed by atoms with E-state index in [-0.39, 0.29) is 22.9 Å². The predicted octanol–water partition coefficient (Wildman–Crippen LogP) is 8.12. The topological polar surface area (TPSA) is 143 Å². The number of nitro benzene ring substituents is 1. The second-order valence-corrected chi connectivity index (χ2v) is 18.4. The van der Waals surface area contributed by atoms with Crippen LogP contribution in [-0.2, 0) is 21.3 Å². The van der Waals surface area contributed by atoms with Crippen molar-refractivity contribution >= 4 is 38.6 Å². The van der Waals surface area contributed by atoms with Gasteiger partial charge in [-0.15, -0.1) is 0 Å². The molecule has 4 atom stereocenters. The molecule has 0 aromatic heterocycles. The van der Waals surface area contributed by atoms with Crippen LogP contribution in [0.4, 0.5) is 17.1 Å². The van der Waals surface area contributed by atoms with Gasteiger partial charge in [-0.25, -0.2) is 13.1 Å². The molecule has 9 rings (SSSR count). The Kier molecular flexibility index (Phi) is 11.2. The van der Waals surface area contributed by atoms with E-state index in [1.807, 2.05) is 24.3 Å². The van der Waals surface area contributed by atoms with Gasteiger partial charge in [0, 0.05) is 70.3 Å². The minimum atomic E-state index is -4.51. The summed E-state index contributed by atoms with van der Waals surface area (Å²) in [6, 6.07) is 26.7. The van der Waals surface area contributed by atoms with E-state index >= 15 is 0 Å². The monoisotopic (exact) mass is 817 g/mol. The molecule has 4 aromatic rings. The van der Waals surface area contributed by atoms with Crippen LogP contribution in [0.5, 0.6) is 11.5 Å². The second-order valence-electron chi connectivity index (χ2n) is 16.7. The average Bonchev–Trinajstić information content (AvgIpc) is 4.00. The van der Waals surface area contributed by atoms with Crippen molar-refractivity contribution in [3.05, 3.63) is 124 Å². The van der Waals surface area contributed by atoms with Crippen LogP contribution in [0.1, 0.15) is 60.0 Å². The molecule has 2 unspecified atom stereocenters. The van der Waals surface area contributed by atoms with Crippen LogP contribution in [0.2, 0.25) is 0 Å². The van der Waals surface area contributed by atoms with Crippen molar-refractivity contribution in [1.82, 2.24) is 9.62 Å². The first kappa shape index (κ1) is 39.2. The lowest BCUT2D eigenvalue weighted by Crippen LogP contribution is -2.46. The van der Waals surface area contributed by atoms with E-state index in [0.29, 0.717) is 31.4 Å².